The Morgan fingerprint density at radius 2 is 1.97 bits per heavy atom. The van der Waals surface area contributed by atoms with Gasteiger partial charge in [-0.25, -0.2) is 4.79 Å². The molecule has 0 saturated heterocycles. The van der Waals surface area contributed by atoms with Gasteiger partial charge in [0.25, 0.3) is 0 Å². The number of ether oxygens (including phenoxy) is 3. The SMILES string of the molecule is CCOc1cc(C2C(C(=O)OCc3ccccc3)=C(C)Nc3nnnn32)ccc1OC. The molecule has 0 aliphatic carbocycles. The fourth-order valence-electron chi connectivity index (χ4n) is 3.52. The van der Waals surface area contributed by atoms with E-state index in [1.165, 1.54) is 0 Å². The molecule has 31 heavy (non-hydrogen) atoms. The second-order valence-electron chi connectivity index (χ2n) is 6.92. The van der Waals surface area contributed by atoms with Gasteiger partial charge >= 0.3 is 5.97 Å². The topological polar surface area (TPSA) is 100 Å². The number of benzene rings is 2. The van der Waals surface area contributed by atoms with Crippen LogP contribution in [0.1, 0.15) is 31.0 Å². The zero-order valence-corrected chi connectivity index (χ0v) is 17.5. The van der Waals surface area contributed by atoms with Crippen LogP contribution in [0.3, 0.4) is 0 Å². The number of esters is 1. The van der Waals surface area contributed by atoms with Gasteiger partial charge < -0.3 is 19.5 Å². The number of nitrogens with one attached hydrogen (secondary N) is 1. The summed E-state index contributed by atoms with van der Waals surface area (Å²) >= 11 is 0. The number of rotatable bonds is 7. The van der Waals surface area contributed by atoms with Crippen molar-refractivity contribution in [3.05, 3.63) is 70.9 Å². The Morgan fingerprint density at radius 3 is 2.71 bits per heavy atom. The molecular weight excluding hydrogens is 398 g/mol. The fourth-order valence-corrected chi connectivity index (χ4v) is 3.52. The third kappa shape index (κ3) is 4.07. The second kappa shape index (κ2) is 8.86. The summed E-state index contributed by atoms with van der Waals surface area (Å²) in [4.78, 5) is 13.2. The van der Waals surface area contributed by atoms with E-state index in [4.69, 9.17) is 14.2 Å². The Morgan fingerprint density at radius 1 is 1.16 bits per heavy atom. The van der Waals surface area contributed by atoms with E-state index in [1.807, 2.05) is 49.4 Å². The molecule has 1 aliphatic rings. The number of nitrogens with zero attached hydrogens (tertiary/aromatic N) is 4. The minimum absolute atomic E-state index is 0.165. The largest absolute Gasteiger partial charge is 0.493 e. The average molecular weight is 421 g/mol. The molecule has 0 spiro atoms. The summed E-state index contributed by atoms with van der Waals surface area (Å²) in [7, 11) is 1.58. The number of carbonyl (C=O) groups excluding carboxylic acids is 1. The number of carbonyl (C=O) groups is 1. The summed E-state index contributed by atoms with van der Waals surface area (Å²) in [5, 5.41) is 14.9. The average Bonchev–Trinajstić information content (AvgIpc) is 3.25. The van der Waals surface area contributed by atoms with Crippen molar-refractivity contribution in [1.29, 1.82) is 0 Å². The number of hydrogen-bond donors (Lipinski definition) is 1. The van der Waals surface area contributed by atoms with E-state index in [-0.39, 0.29) is 6.61 Å². The maximum Gasteiger partial charge on any atom is 0.338 e. The van der Waals surface area contributed by atoms with Crippen molar-refractivity contribution in [3.63, 3.8) is 0 Å². The Bertz CT molecular complexity index is 1110. The summed E-state index contributed by atoms with van der Waals surface area (Å²) in [6.07, 6.45) is 0. The molecule has 1 N–H and O–H groups in total. The van der Waals surface area contributed by atoms with Gasteiger partial charge in [-0.3, -0.25) is 0 Å². The van der Waals surface area contributed by atoms with Crippen molar-refractivity contribution < 1.29 is 19.0 Å². The van der Waals surface area contributed by atoms with Crippen LogP contribution in [0.4, 0.5) is 5.95 Å². The Hall–Kier alpha value is -3.88. The van der Waals surface area contributed by atoms with Crippen LogP contribution in [-0.4, -0.2) is 39.9 Å². The number of allylic oxidation sites excluding steroid dienone is 1. The summed E-state index contributed by atoms with van der Waals surface area (Å²) in [6.45, 7) is 4.34. The number of hydrogen-bond acceptors (Lipinski definition) is 8. The highest BCUT2D eigenvalue weighted by molar-refractivity contribution is 5.92. The Kier molecular flexibility index (Phi) is 5.83. The lowest BCUT2D eigenvalue weighted by Crippen LogP contribution is -2.29. The van der Waals surface area contributed by atoms with Gasteiger partial charge in [0.15, 0.2) is 11.5 Å². The molecule has 0 radical (unpaired) electrons. The second-order valence-corrected chi connectivity index (χ2v) is 6.92. The highest BCUT2D eigenvalue weighted by Crippen LogP contribution is 2.38. The normalized spacial score (nSPS) is 15.1. The summed E-state index contributed by atoms with van der Waals surface area (Å²) in [5.74, 6) is 1.17. The van der Waals surface area contributed by atoms with E-state index < -0.39 is 12.0 Å². The predicted molar refractivity (Wildman–Crippen MR) is 113 cm³/mol. The summed E-state index contributed by atoms with van der Waals surface area (Å²) in [5.41, 5.74) is 2.72. The number of methoxy groups -OCH3 is 1. The van der Waals surface area contributed by atoms with Crippen molar-refractivity contribution in [3.8, 4) is 11.5 Å². The van der Waals surface area contributed by atoms with E-state index in [9.17, 15) is 4.79 Å². The number of tetrazole rings is 1. The highest BCUT2D eigenvalue weighted by atomic mass is 16.5. The van der Waals surface area contributed by atoms with Gasteiger partial charge in [0.05, 0.1) is 19.3 Å². The molecule has 160 valence electrons. The monoisotopic (exact) mass is 421 g/mol. The number of fused-ring (bicyclic) bond motifs is 1. The van der Waals surface area contributed by atoms with Gasteiger partial charge in [-0.05, 0) is 47.5 Å². The molecule has 9 heteroatoms. The van der Waals surface area contributed by atoms with Crippen LogP contribution in [0.15, 0.2) is 59.8 Å². The van der Waals surface area contributed by atoms with E-state index in [2.05, 4.69) is 20.8 Å². The molecule has 9 nitrogen and oxygen atoms in total. The lowest BCUT2D eigenvalue weighted by molar-refractivity contribution is -0.140. The highest BCUT2D eigenvalue weighted by Gasteiger charge is 2.35. The van der Waals surface area contributed by atoms with Gasteiger partial charge in [-0.2, -0.15) is 4.68 Å². The lowest BCUT2D eigenvalue weighted by Gasteiger charge is -2.27. The van der Waals surface area contributed by atoms with Crippen LogP contribution in [0.2, 0.25) is 0 Å². The minimum Gasteiger partial charge on any atom is -0.493 e. The standard InChI is InChI=1S/C22H23N5O4/c1-4-30-18-12-16(10-11-17(18)29-3)20-19(14(2)23-22-24-25-26-27(20)22)21(28)31-13-15-8-6-5-7-9-15/h5-12,20H,4,13H2,1-3H3,(H,23,24,26). The Labute approximate surface area is 179 Å². The third-order valence-electron chi connectivity index (χ3n) is 4.95. The molecule has 0 amide bonds. The zero-order valence-electron chi connectivity index (χ0n) is 17.5. The fraction of sp³-hybridized carbons (Fsp3) is 0.273. The minimum atomic E-state index is -0.584. The molecule has 1 unspecified atom stereocenters. The maximum atomic E-state index is 13.2. The third-order valence-corrected chi connectivity index (χ3v) is 4.95. The molecule has 2 heterocycles. The molecule has 1 aromatic heterocycles. The first kappa shape index (κ1) is 20.4. The van der Waals surface area contributed by atoms with Crippen LogP contribution in [0.25, 0.3) is 0 Å². The van der Waals surface area contributed by atoms with Gasteiger partial charge in [0.1, 0.15) is 12.6 Å². The molecule has 0 saturated carbocycles. The van der Waals surface area contributed by atoms with Gasteiger partial charge in [0, 0.05) is 5.70 Å². The first-order valence-corrected chi connectivity index (χ1v) is 9.89. The summed E-state index contributed by atoms with van der Waals surface area (Å²) < 4.78 is 18.3. The number of aromatic nitrogens is 4. The van der Waals surface area contributed by atoms with Crippen molar-refractivity contribution in [2.75, 3.05) is 19.0 Å². The van der Waals surface area contributed by atoms with E-state index in [0.29, 0.717) is 35.3 Å². The zero-order chi connectivity index (χ0) is 21.8. The molecular formula is C22H23N5O4. The molecule has 4 rings (SSSR count). The van der Waals surface area contributed by atoms with Crippen LogP contribution < -0.4 is 14.8 Å². The molecule has 3 aromatic rings. The van der Waals surface area contributed by atoms with Crippen LogP contribution >= 0.6 is 0 Å². The van der Waals surface area contributed by atoms with E-state index in [1.54, 1.807) is 24.8 Å². The lowest BCUT2D eigenvalue weighted by atomic mass is 9.95. The Balaban J connectivity index is 1.71. The smallest absolute Gasteiger partial charge is 0.338 e. The molecule has 0 fully saturated rings. The molecule has 1 aliphatic heterocycles. The number of anilines is 1. The van der Waals surface area contributed by atoms with Gasteiger partial charge in [-0.15, -0.1) is 0 Å². The van der Waals surface area contributed by atoms with Crippen molar-refractivity contribution in [2.45, 2.75) is 26.5 Å². The first-order valence-electron chi connectivity index (χ1n) is 9.89. The first-order chi connectivity index (χ1) is 15.1. The van der Waals surface area contributed by atoms with Crippen molar-refractivity contribution in [1.82, 2.24) is 20.2 Å². The van der Waals surface area contributed by atoms with Crippen molar-refractivity contribution >= 4 is 11.9 Å². The van der Waals surface area contributed by atoms with E-state index >= 15 is 0 Å². The van der Waals surface area contributed by atoms with Gasteiger partial charge in [-0.1, -0.05) is 41.5 Å². The van der Waals surface area contributed by atoms with Crippen LogP contribution in [0.5, 0.6) is 11.5 Å². The van der Waals surface area contributed by atoms with Crippen LogP contribution in [0, 0.1) is 0 Å². The van der Waals surface area contributed by atoms with Gasteiger partial charge in [0.2, 0.25) is 5.95 Å². The molecule has 1 atom stereocenters. The van der Waals surface area contributed by atoms with Crippen molar-refractivity contribution in [2.24, 2.45) is 0 Å². The molecule has 0 bridgehead atoms. The quantitative estimate of drug-likeness (QED) is 0.581. The predicted octanol–water partition coefficient (Wildman–Crippen LogP) is 3.11. The maximum absolute atomic E-state index is 13.2. The van der Waals surface area contributed by atoms with Crippen LogP contribution in [-0.2, 0) is 16.1 Å². The van der Waals surface area contributed by atoms with E-state index in [0.717, 1.165) is 11.1 Å². The molecule has 2 aromatic carbocycles. The summed E-state index contributed by atoms with van der Waals surface area (Å²) in [6, 6.07) is 14.4.